The first-order valence-electron chi connectivity index (χ1n) is 9.38. The molecule has 0 atom stereocenters. The van der Waals surface area contributed by atoms with E-state index in [4.69, 9.17) is 9.47 Å². The second kappa shape index (κ2) is 11.4. The molecule has 3 N–H and O–H groups in total. The van der Waals surface area contributed by atoms with Crippen molar-refractivity contribution in [1.82, 2.24) is 10.6 Å². The summed E-state index contributed by atoms with van der Waals surface area (Å²) in [5.74, 6) is 1.06. The van der Waals surface area contributed by atoms with Gasteiger partial charge in [0, 0.05) is 18.1 Å². The van der Waals surface area contributed by atoms with E-state index in [0.29, 0.717) is 18.0 Å². The van der Waals surface area contributed by atoms with Crippen molar-refractivity contribution in [3.05, 3.63) is 23.8 Å². The van der Waals surface area contributed by atoms with E-state index in [1.54, 1.807) is 7.11 Å². The molecular formula is C20H33ClN2O4. The van der Waals surface area contributed by atoms with Gasteiger partial charge in [-0.1, -0.05) is 25.3 Å². The summed E-state index contributed by atoms with van der Waals surface area (Å²) < 4.78 is 11.0. The van der Waals surface area contributed by atoms with Gasteiger partial charge in [0.05, 0.1) is 13.7 Å². The first-order valence-corrected chi connectivity index (χ1v) is 9.38. The third-order valence-corrected chi connectivity index (χ3v) is 4.72. The van der Waals surface area contributed by atoms with Gasteiger partial charge in [-0.25, -0.2) is 0 Å². The SMILES string of the molecule is COc1cc(CNC(C)(C)CO)ccc1OCC(=O)NC1CCCCC1.Cl. The summed E-state index contributed by atoms with van der Waals surface area (Å²) in [6.07, 6.45) is 5.74. The van der Waals surface area contributed by atoms with Crippen molar-refractivity contribution >= 4 is 18.3 Å². The Hall–Kier alpha value is -1.50. The molecule has 0 radical (unpaired) electrons. The van der Waals surface area contributed by atoms with Crippen LogP contribution in [0.1, 0.15) is 51.5 Å². The van der Waals surface area contributed by atoms with Crippen LogP contribution in [-0.4, -0.2) is 42.9 Å². The zero-order valence-corrected chi connectivity index (χ0v) is 17.4. The fourth-order valence-electron chi connectivity index (χ4n) is 3.00. The zero-order chi connectivity index (χ0) is 19.0. The number of aliphatic hydroxyl groups is 1. The third kappa shape index (κ3) is 7.95. The molecule has 6 nitrogen and oxygen atoms in total. The zero-order valence-electron chi connectivity index (χ0n) is 16.5. The number of hydrogen-bond donors (Lipinski definition) is 3. The number of ether oxygens (including phenoxy) is 2. The number of carbonyl (C=O) groups is 1. The van der Waals surface area contributed by atoms with E-state index in [0.717, 1.165) is 18.4 Å². The molecule has 0 unspecified atom stereocenters. The minimum absolute atomic E-state index is 0. The first-order chi connectivity index (χ1) is 12.4. The molecule has 7 heteroatoms. The highest BCUT2D eigenvalue weighted by Crippen LogP contribution is 2.28. The number of methoxy groups -OCH3 is 1. The van der Waals surface area contributed by atoms with E-state index >= 15 is 0 Å². The van der Waals surface area contributed by atoms with Crippen molar-refractivity contribution in [3.8, 4) is 11.5 Å². The van der Waals surface area contributed by atoms with Crippen LogP contribution in [0.15, 0.2) is 18.2 Å². The minimum atomic E-state index is -0.348. The number of hydrogen-bond acceptors (Lipinski definition) is 5. The Kier molecular flexibility index (Phi) is 9.91. The van der Waals surface area contributed by atoms with Crippen LogP contribution in [0.25, 0.3) is 0 Å². The molecule has 1 aliphatic carbocycles. The van der Waals surface area contributed by atoms with Gasteiger partial charge in [-0.05, 0) is 44.4 Å². The summed E-state index contributed by atoms with van der Waals surface area (Å²) in [4.78, 5) is 12.1. The monoisotopic (exact) mass is 400 g/mol. The van der Waals surface area contributed by atoms with E-state index < -0.39 is 0 Å². The predicted molar refractivity (Wildman–Crippen MR) is 109 cm³/mol. The third-order valence-electron chi connectivity index (χ3n) is 4.72. The Morgan fingerprint density at radius 2 is 1.93 bits per heavy atom. The van der Waals surface area contributed by atoms with Gasteiger partial charge in [-0.15, -0.1) is 12.4 Å². The maximum atomic E-state index is 12.1. The summed E-state index contributed by atoms with van der Waals surface area (Å²) in [5, 5.41) is 15.6. The van der Waals surface area contributed by atoms with Gasteiger partial charge in [0.15, 0.2) is 18.1 Å². The molecule has 0 saturated heterocycles. The second-order valence-corrected chi connectivity index (χ2v) is 7.57. The second-order valence-electron chi connectivity index (χ2n) is 7.57. The molecule has 1 amide bonds. The van der Waals surface area contributed by atoms with Crippen molar-refractivity contribution < 1.29 is 19.4 Å². The van der Waals surface area contributed by atoms with Crippen LogP contribution in [0.5, 0.6) is 11.5 Å². The standard InChI is InChI=1S/C20H32N2O4.ClH/c1-20(2,14-23)21-12-15-9-10-17(18(11-15)25-3)26-13-19(24)22-16-7-5-4-6-8-16;/h9-11,16,21,23H,4-8,12-14H2,1-3H3,(H,22,24);1H. The smallest absolute Gasteiger partial charge is 0.258 e. The van der Waals surface area contributed by atoms with Gasteiger partial charge in [-0.2, -0.15) is 0 Å². The molecule has 0 heterocycles. The highest BCUT2D eigenvalue weighted by molar-refractivity contribution is 5.85. The summed E-state index contributed by atoms with van der Waals surface area (Å²) in [7, 11) is 1.58. The molecule has 27 heavy (non-hydrogen) atoms. The Bertz CT molecular complexity index is 589. The Morgan fingerprint density at radius 1 is 1.22 bits per heavy atom. The molecule has 1 aromatic rings. The van der Waals surface area contributed by atoms with E-state index in [1.807, 2.05) is 32.0 Å². The number of halogens is 1. The molecule has 1 aliphatic rings. The average Bonchev–Trinajstić information content (AvgIpc) is 2.66. The first kappa shape index (κ1) is 23.5. The topological polar surface area (TPSA) is 79.8 Å². The fraction of sp³-hybridized carbons (Fsp3) is 0.650. The number of benzene rings is 1. The number of rotatable bonds is 9. The lowest BCUT2D eigenvalue weighted by Gasteiger charge is -2.24. The number of amides is 1. The molecule has 0 aliphatic heterocycles. The quantitative estimate of drug-likeness (QED) is 0.594. The van der Waals surface area contributed by atoms with E-state index in [9.17, 15) is 9.90 Å². The van der Waals surface area contributed by atoms with Crippen LogP contribution in [0.4, 0.5) is 0 Å². The van der Waals surface area contributed by atoms with Crippen molar-refractivity contribution in [2.75, 3.05) is 20.3 Å². The molecule has 1 aromatic carbocycles. The summed E-state index contributed by atoms with van der Waals surface area (Å²) in [5.41, 5.74) is 0.668. The lowest BCUT2D eigenvalue weighted by molar-refractivity contribution is -0.124. The maximum absolute atomic E-state index is 12.1. The minimum Gasteiger partial charge on any atom is -0.493 e. The predicted octanol–water partition coefficient (Wildman–Crippen LogP) is 2.81. The maximum Gasteiger partial charge on any atom is 0.258 e. The van der Waals surface area contributed by atoms with Gasteiger partial charge in [0.1, 0.15) is 0 Å². The van der Waals surface area contributed by atoms with Crippen LogP contribution in [0.3, 0.4) is 0 Å². The van der Waals surface area contributed by atoms with Crippen molar-refractivity contribution in [1.29, 1.82) is 0 Å². The summed E-state index contributed by atoms with van der Waals surface area (Å²) >= 11 is 0. The molecule has 0 spiro atoms. The molecule has 0 bridgehead atoms. The largest absolute Gasteiger partial charge is 0.493 e. The van der Waals surface area contributed by atoms with Gasteiger partial charge in [0.2, 0.25) is 0 Å². The highest BCUT2D eigenvalue weighted by atomic mass is 35.5. The van der Waals surface area contributed by atoms with Crippen molar-refractivity contribution in [2.24, 2.45) is 0 Å². The van der Waals surface area contributed by atoms with Gasteiger partial charge in [-0.3, -0.25) is 4.79 Å². The van der Waals surface area contributed by atoms with Crippen LogP contribution >= 0.6 is 12.4 Å². The fourth-order valence-corrected chi connectivity index (χ4v) is 3.00. The van der Waals surface area contributed by atoms with Crippen molar-refractivity contribution in [2.45, 2.75) is 64.1 Å². The normalized spacial score (nSPS) is 15.0. The lowest BCUT2D eigenvalue weighted by atomic mass is 9.95. The van der Waals surface area contributed by atoms with Crippen LogP contribution in [-0.2, 0) is 11.3 Å². The Labute approximate surface area is 168 Å². The summed E-state index contributed by atoms with van der Waals surface area (Å²) in [6, 6.07) is 5.91. The molecule has 1 saturated carbocycles. The van der Waals surface area contributed by atoms with Crippen LogP contribution in [0.2, 0.25) is 0 Å². The van der Waals surface area contributed by atoms with Gasteiger partial charge in [0.25, 0.3) is 5.91 Å². The Balaban J connectivity index is 0.00000364. The van der Waals surface area contributed by atoms with E-state index in [-0.39, 0.29) is 43.1 Å². The highest BCUT2D eigenvalue weighted by Gasteiger charge is 2.17. The Morgan fingerprint density at radius 3 is 2.56 bits per heavy atom. The molecule has 154 valence electrons. The molecule has 2 rings (SSSR count). The average molecular weight is 401 g/mol. The van der Waals surface area contributed by atoms with Gasteiger partial charge >= 0.3 is 0 Å². The summed E-state index contributed by atoms with van der Waals surface area (Å²) in [6.45, 7) is 4.52. The molecular weight excluding hydrogens is 368 g/mol. The lowest BCUT2D eigenvalue weighted by Crippen LogP contribution is -2.42. The van der Waals surface area contributed by atoms with Crippen molar-refractivity contribution in [3.63, 3.8) is 0 Å². The van der Waals surface area contributed by atoms with Crippen LogP contribution in [0, 0.1) is 0 Å². The number of carbonyl (C=O) groups excluding carboxylic acids is 1. The molecule has 0 aromatic heterocycles. The van der Waals surface area contributed by atoms with E-state index in [1.165, 1.54) is 19.3 Å². The van der Waals surface area contributed by atoms with Crippen LogP contribution < -0.4 is 20.1 Å². The van der Waals surface area contributed by atoms with E-state index in [2.05, 4.69) is 10.6 Å². The number of aliphatic hydroxyl groups excluding tert-OH is 1. The number of nitrogens with one attached hydrogen (secondary N) is 2. The molecule has 1 fully saturated rings. The van der Waals surface area contributed by atoms with Gasteiger partial charge < -0.3 is 25.2 Å².